The van der Waals surface area contributed by atoms with Gasteiger partial charge in [-0.1, -0.05) is 246 Å². The van der Waals surface area contributed by atoms with Crippen molar-refractivity contribution in [3.05, 3.63) is 0 Å². The minimum absolute atomic E-state index is 0.136. The van der Waals surface area contributed by atoms with Crippen molar-refractivity contribution in [2.24, 2.45) is 0 Å². The van der Waals surface area contributed by atoms with Gasteiger partial charge in [-0.2, -0.15) is 0 Å². The number of hydrogen-bond donors (Lipinski definition) is 1. The molecule has 2 atom stereocenters. The first-order valence-corrected chi connectivity index (χ1v) is 31.4. The van der Waals surface area contributed by atoms with Gasteiger partial charge < -0.3 is 19.8 Å². The SMILES string of the molecule is CCCCCCCCCCN(CCCCCCCCCC)C(=O)CCCCCCCN(CCCCCCCC(=O)N(CCCCCCCCCC)CCCCCCCCCC)[C@H]1CCC[C@H](O)C1. The van der Waals surface area contributed by atoms with E-state index < -0.39 is 0 Å². The summed E-state index contributed by atoms with van der Waals surface area (Å²) in [5, 5.41) is 10.6. The number of rotatable bonds is 53. The zero-order valence-corrected chi connectivity index (χ0v) is 46.9. The number of carbonyl (C=O) groups excluding carboxylic acids is 2. The van der Waals surface area contributed by atoms with Gasteiger partial charge >= 0.3 is 0 Å². The van der Waals surface area contributed by atoms with Gasteiger partial charge in [0.25, 0.3) is 0 Å². The highest BCUT2D eigenvalue weighted by molar-refractivity contribution is 5.76. The van der Waals surface area contributed by atoms with Crippen molar-refractivity contribution in [2.45, 2.75) is 348 Å². The molecule has 6 nitrogen and oxygen atoms in total. The number of amides is 2. The van der Waals surface area contributed by atoms with Gasteiger partial charge in [0.2, 0.25) is 11.8 Å². The molecular weight excluding hydrogens is 835 g/mol. The Bertz CT molecular complexity index is 944. The molecule has 1 aliphatic rings. The molecule has 404 valence electrons. The molecule has 0 saturated heterocycles. The maximum absolute atomic E-state index is 13.5. The summed E-state index contributed by atoms with van der Waals surface area (Å²) in [6, 6.07) is 0.523. The van der Waals surface area contributed by atoms with Crippen molar-refractivity contribution < 1.29 is 14.7 Å². The van der Waals surface area contributed by atoms with Crippen molar-refractivity contribution in [1.82, 2.24) is 14.7 Å². The minimum Gasteiger partial charge on any atom is -0.393 e. The summed E-state index contributed by atoms with van der Waals surface area (Å²) >= 11 is 0. The first-order valence-electron chi connectivity index (χ1n) is 31.4. The van der Waals surface area contributed by atoms with Gasteiger partial charge in [-0.05, 0) is 90.1 Å². The van der Waals surface area contributed by atoms with Gasteiger partial charge in [0, 0.05) is 45.1 Å². The fourth-order valence-electron chi connectivity index (χ4n) is 11.0. The smallest absolute Gasteiger partial charge is 0.222 e. The van der Waals surface area contributed by atoms with E-state index in [4.69, 9.17) is 0 Å². The van der Waals surface area contributed by atoms with E-state index in [9.17, 15) is 14.7 Å². The van der Waals surface area contributed by atoms with Crippen LogP contribution in [0.15, 0.2) is 0 Å². The lowest BCUT2D eigenvalue weighted by Crippen LogP contribution is -2.41. The van der Waals surface area contributed by atoms with Crippen molar-refractivity contribution in [3.8, 4) is 0 Å². The molecule has 0 unspecified atom stereocenters. The van der Waals surface area contributed by atoms with Crippen LogP contribution in [0.1, 0.15) is 336 Å². The fourth-order valence-corrected chi connectivity index (χ4v) is 11.0. The monoisotopic (exact) mass is 958 g/mol. The van der Waals surface area contributed by atoms with Crippen LogP contribution in [0.4, 0.5) is 0 Å². The normalized spacial score (nSPS) is 15.1. The molecular formula is C62H123N3O3. The van der Waals surface area contributed by atoms with Crippen LogP contribution < -0.4 is 0 Å². The average Bonchev–Trinajstić information content (AvgIpc) is 3.34. The molecule has 1 N–H and O–H groups in total. The average molecular weight is 959 g/mol. The standard InChI is InChI=1S/C62H123N3O3/c1-5-9-13-17-21-25-33-43-54-64(55-44-34-26-22-18-14-10-6-2)61(67)50-39-31-29-37-41-52-63(59-48-47-49-60(66)58-59)53-42-38-30-32-40-51-62(68)65(56-45-35-27-23-19-15-11-7-3)57-46-36-28-24-20-16-12-8-4/h59-60,66H,5-58H2,1-4H3/t59-,60-/m0/s1. The van der Waals surface area contributed by atoms with E-state index in [1.165, 1.54) is 250 Å². The van der Waals surface area contributed by atoms with E-state index in [1.807, 2.05) is 0 Å². The fraction of sp³-hybridized carbons (Fsp3) is 0.968. The van der Waals surface area contributed by atoms with Crippen LogP contribution >= 0.6 is 0 Å². The highest BCUT2D eigenvalue weighted by Gasteiger charge is 2.25. The molecule has 1 saturated carbocycles. The Balaban J connectivity index is 2.45. The summed E-state index contributed by atoms with van der Waals surface area (Å²) in [4.78, 5) is 34.2. The van der Waals surface area contributed by atoms with Crippen LogP contribution in [0.2, 0.25) is 0 Å². The summed E-state index contributed by atoms with van der Waals surface area (Å²) in [5.74, 6) is 0.823. The second kappa shape index (κ2) is 50.8. The maximum atomic E-state index is 13.5. The van der Waals surface area contributed by atoms with Gasteiger partial charge in [0.05, 0.1) is 6.10 Å². The Kier molecular flexibility index (Phi) is 48.5. The van der Waals surface area contributed by atoms with Crippen molar-refractivity contribution >= 4 is 11.8 Å². The van der Waals surface area contributed by atoms with E-state index in [0.717, 1.165) is 97.1 Å². The number of aliphatic hydroxyl groups is 1. The quantitative estimate of drug-likeness (QED) is 0.0617. The molecule has 68 heavy (non-hydrogen) atoms. The number of aliphatic hydroxyl groups excluding tert-OH is 1. The van der Waals surface area contributed by atoms with E-state index in [1.54, 1.807) is 0 Å². The zero-order chi connectivity index (χ0) is 49.2. The van der Waals surface area contributed by atoms with E-state index in [-0.39, 0.29) is 6.10 Å². The predicted molar refractivity (Wildman–Crippen MR) is 299 cm³/mol. The molecule has 0 aromatic carbocycles. The van der Waals surface area contributed by atoms with Crippen LogP contribution in [0.5, 0.6) is 0 Å². The first kappa shape index (κ1) is 64.9. The van der Waals surface area contributed by atoms with Gasteiger partial charge in [-0.15, -0.1) is 0 Å². The van der Waals surface area contributed by atoms with Gasteiger partial charge in [0.15, 0.2) is 0 Å². The third kappa shape index (κ3) is 40.5. The molecule has 1 fully saturated rings. The molecule has 0 aromatic rings. The number of carbonyl (C=O) groups is 2. The molecule has 0 radical (unpaired) electrons. The molecule has 0 heterocycles. The highest BCUT2D eigenvalue weighted by Crippen LogP contribution is 2.25. The Hall–Kier alpha value is -1.14. The van der Waals surface area contributed by atoms with Crippen molar-refractivity contribution in [3.63, 3.8) is 0 Å². The minimum atomic E-state index is -0.136. The lowest BCUT2D eigenvalue weighted by atomic mass is 9.91. The number of nitrogens with zero attached hydrogens (tertiary/aromatic N) is 3. The van der Waals surface area contributed by atoms with Crippen molar-refractivity contribution in [2.75, 3.05) is 39.3 Å². The third-order valence-electron chi connectivity index (χ3n) is 15.6. The van der Waals surface area contributed by atoms with Crippen LogP contribution in [0.3, 0.4) is 0 Å². The second-order valence-corrected chi connectivity index (χ2v) is 22.2. The van der Waals surface area contributed by atoms with E-state index >= 15 is 0 Å². The Labute approximate surface area is 426 Å². The summed E-state index contributed by atoms with van der Waals surface area (Å²) in [6.45, 7) is 15.3. The predicted octanol–water partition coefficient (Wildman–Crippen LogP) is 18.5. The van der Waals surface area contributed by atoms with Crippen LogP contribution in [0.25, 0.3) is 0 Å². The maximum Gasteiger partial charge on any atom is 0.222 e. The summed E-state index contributed by atoms with van der Waals surface area (Å²) in [7, 11) is 0. The number of hydrogen-bond acceptors (Lipinski definition) is 4. The van der Waals surface area contributed by atoms with Crippen LogP contribution in [-0.2, 0) is 9.59 Å². The molecule has 1 rings (SSSR count). The largest absolute Gasteiger partial charge is 0.393 e. The molecule has 0 spiro atoms. The van der Waals surface area contributed by atoms with Crippen molar-refractivity contribution in [1.29, 1.82) is 0 Å². The van der Waals surface area contributed by atoms with Gasteiger partial charge in [0.1, 0.15) is 0 Å². The number of unbranched alkanes of at least 4 members (excludes halogenated alkanes) is 36. The topological polar surface area (TPSA) is 64.1 Å². The summed E-state index contributed by atoms with van der Waals surface area (Å²) < 4.78 is 0. The Morgan fingerprint density at radius 3 is 0.868 bits per heavy atom. The van der Waals surface area contributed by atoms with E-state index in [2.05, 4.69) is 42.4 Å². The summed E-state index contributed by atoms with van der Waals surface area (Å²) in [5.41, 5.74) is 0. The molecule has 2 amide bonds. The highest BCUT2D eigenvalue weighted by atomic mass is 16.3. The summed E-state index contributed by atoms with van der Waals surface area (Å²) in [6.07, 6.45) is 59.6. The Morgan fingerprint density at radius 1 is 0.338 bits per heavy atom. The van der Waals surface area contributed by atoms with E-state index in [0.29, 0.717) is 17.9 Å². The Morgan fingerprint density at radius 2 is 0.588 bits per heavy atom. The van der Waals surface area contributed by atoms with Gasteiger partial charge in [-0.3, -0.25) is 9.59 Å². The van der Waals surface area contributed by atoms with Crippen LogP contribution in [-0.4, -0.2) is 83.0 Å². The molecule has 1 aliphatic carbocycles. The first-order chi connectivity index (χ1) is 33.5. The molecule has 0 aliphatic heterocycles. The molecule has 6 heteroatoms. The second-order valence-electron chi connectivity index (χ2n) is 22.2. The molecule has 0 aromatic heterocycles. The lowest BCUT2D eigenvalue weighted by Gasteiger charge is -2.36. The zero-order valence-electron chi connectivity index (χ0n) is 46.9. The third-order valence-corrected chi connectivity index (χ3v) is 15.6. The molecule has 0 bridgehead atoms. The van der Waals surface area contributed by atoms with Crippen LogP contribution in [0, 0.1) is 0 Å². The lowest BCUT2D eigenvalue weighted by molar-refractivity contribution is -0.132. The van der Waals surface area contributed by atoms with Gasteiger partial charge in [-0.25, -0.2) is 0 Å².